The van der Waals surface area contributed by atoms with E-state index < -0.39 is 4.67 Å². The highest BCUT2D eigenvalue weighted by atomic mass is 32.9. The number of furan rings is 4. The van der Waals surface area contributed by atoms with Gasteiger partial charge >= 0.3 is 4.67 Å². The second-order valence-corrected chi connectivity index (χ2v) is 25.0. The topological polar surface area (TPSA) is 52.6 Å². The summed E-state index contributed by atoms with van der Waals surface area (Å²) in [5, 5.41) is 0. The summed E-state index contributed by atoms with van der Waals surface area (Å²) in [5.74, 6) is 3.77. The fourth-order valence-corrected chi connectivity index (χ4v) is 21.5. The Bertz CT molecular complexity index is 763. The first-order chi connectivity index (χ1) is 14.3. The number of hydrogen-bond acceptors (Lipinski definition) is 8. The lowest BCUT2D eigenvalue weighted by Crippen LogP contribution is -2.19. The molecule has 0 unspecified atom stereocenters. The minimum Gasteiger partial charge on any atom is -0.472 e. The molecule has 0 N–H and O–H groups in total. The predicted octanol–water partition coefficient (Wildman–Crippen LogP) is 7.53. The fourth-order valence-electron chi connectivity index (χ4n) is 2.44. The number of hydrogen-bond donors (Lipinski definition) is 0. The van der Waals surface area contributed by atoms with E-state index in [0.29, 0.717) is 0 Å². The van der Waals surface area contributed by atoms with Gasteiger partial charge in [-0.15, -0.1) is 44.8 Å². The summed E-state index contributed by atoms with van der Waals surface area (Å²) in [7, 11) is 0. The van der Waals surface area contributed by atoms with Crippen molar-refractivity contribution < 1.29 is 17.7 Å². The minimum atomic E-state index is -1.92. The smallest absolute Gasteiger partial charge is 0.302 e. The molecule has 4 nitrogen and oxygen atoms in total. The van der Waals surface area contributed by atoms with Crippen LogP contribution in [0.4, 0.5) is 0 Å². The molecular formula is C20H20O4S4Si. The van der Waals surface area contributed by atoms with E-state index in [1.807, 2.05) is 49.3 Å². The van der Waals surface area contributed by atoms with Crippen LogP contribution in [0.15, 0.2) is 92.0 Å². The van der Waals surface area contributed by atoms with E-state index in [-0.39, 0.29) is 0 Å². The van der Waals surface area contributed by atoms with Gasteiger partial charge in [-0.3, -0.25) is 0 Å². The van der Waals surface area contributed by atoms with Gasteiger partial charge < -0.3 is 17.7 Å². The molecule has 4 aromatic rings. The Morgan fingerprint density at radius 2 is 0.759 bits per heavy atom. The van der Waals surface area contributed by atoms with Gasteiger partial charge in [0.15, 0.2) is 0 Å². The first kappa shape index (κ1) is 21.0. The van der Waals surface area contributed by atoms with E-state index in [2.05, 4.69) is 44.8 Å². The zero-order chi connectivity index (χ0) is 19.8. The molecule has 152 valence electrons. The third-order valence-corrected chi connectivity index (χ3v) is 26.0. The quantitative estimate of drug-likeness (QED) is 0.193. The highest BCUT2D eigenvalue weighted by Gasteiger charge is 2.37. The van der Waals surface area contributed by atoms with Crippen molar-refractivity contribution in [3.8, 4) is 0 Å². The summed E-state index contributed by atoms with van der Waals surface area (Å²) in [6.07, 6.45) is 14.3. The molecule has 0 aliphatic carbocycles. The second-order valence-electron chi connectivity index (χ2n) is 6.18. The third-order valence-electron chi connectivity index (χ3n) is 3.98. The van der Waals surface area contributed by atoms with Gasteiger partial charge in [-0.25, -0.2) is 0 Å². The highest BCUT2D eigenvalue weighted by Crippen LogP contribution is 2.54. The lowest BCUT2D eigenvalue weighted by molar-refractivity contribution is 0.565. The Balaban J connectivity index is 1.51. The average Bonchev–Trinajstić information content (AvgIpc) is 3.56. The van der Waals surface area contributed by atoms with Crippen LogP contribution in [-0.2, 0) is 23.0 Å². The monoisotopic (exact) mass is 480 g/mol. The molecule has 0 aliphatic heterocycles. The standard InChI is InChI=1S/C20H20O4S4Si/c1-5-21-9-17(1)13-25-29(26-14-18-2-6-22-10-18,27-15-19-3-7-23-11-19)28-16-20-4-8-24-12-20/h1-12H,13-16H2. The summed E-state index contributed by atoms with van der Waals surface area (Å²) in [6.45, 7) is 0. The van der Waals surface area contributed by atoms with Crippen molar-refractivity contribution in [3.63, 3.8) is 0 Å². The molecule has 0 saturated carbocycles. The van der Waals surface area contributed by atoms with Crippen LogP contribution in [0.25, 0.3) is 0 Å². The first-order valence-electron chi connectivity index (χ1n) is 8.91. The zero-order valence-electron chi connectivity index (χ0n) is 15.5. The summed E-state index contributed by atoms with van der Waals surface area (Å²) < 4.78 is 19.2. The molecule has 4 rings (SSSR count). The summed E-state index contributed by atoms with van der Waals surface area (Å²) in [4.78, 5) is 0. The van der Waals surface area contributed by atoms with Gasteiger partial charge in [-0.05, 0) is 46.5 Å². The van der Waals surface area contributed by atoms with Crippen LogP contribution in [0.5, 0.6) is 0 Å². The molecule has 0 atom stereocenters. The summed E-state index contributed by atoms with van der Waals surface area (Å²) >= 11 is 8.27. The van der Waals surface area contributed by atoms with Gasteiger partial charge in [-0.2, -0.15) is 0 Å². The molecular weight excluding hydrogens is 461 g/mol. The van der Waals surface area contributed by atoms with Crippen molar-refractivity contribution in [3.05, 3.63) is 96.6 Å². The maximum absolute atomic E-state index is 5.28. The van der Waals surface area contributed by atoms with Gasteiger partial charge in [-0.1, -0.05) is 0 Å². The maximum Gasteiger partial charge on any atom is 0.302 e. The molecule has 0 bridgehead atoms. The van der Waals surface area contributed by atoms with Crippen molar-refractivity contribution in [2.45, 2.75) is 23.0 Å². The molecule has 0 radical (unpaired) electrons. The Labute approximate surface area is 186 Å². The van der Waals surface area contributed by atoms with Crippen molar-refractivity contribution in [1.29, 1.82) is 0 Å². The van der Waals surface area contributed by atoms with E-state index in [1.54, 1.807) is 25.1 Å². The van der Waals surface area contributed by atoms with E-state index >= 15 is 0 Å². The second kappa shape index (κ2) is 10.7. The Kier molecular flexibility index (Phi) is 7.72. The van der Waals surface area contributed by atoms with Crippen LogP contribution < -0.4 is 0 Å². The van der Waals surface area contributed by atoms with Crippen molar-refractivity contribution in [2.75, 3.05) is 0 Å². The van der Waals surface area contributed by atoms with Crippen LogP contribution in [0.1, 0.15) is 22.3 Å². The van der Waals surface area contributed by atoms with Gasteiger partial charge in [0, 0.05) is 23.0 Å². The lowest BCUT2D eigenvalue weighted by atomic mass is 10.4. The summed E-state index contributed by atoms with van der Waals surface area (Å²) in [6, 6.07) is 8.20. The van der Waals surface area contributed by atoms with Crippen molar-refractivity contribution in [1.82, 2.24) is 0 Å². The molecule has 29 heavy (non-hydrogen) atoms. The van der Waals surface area contributed by atoms with Crippen LogP contribution >= 0.6 is 44.8 Å². The van der Waals surface area contributed by atoms with Crippen molar-refractivity contribution >= 4 is 49.5 Å². The molecule has 0 amide bonds. The molecule has 0 saturated heterocycles. The van der Waals surface area contributed by atoms with E-state index in [4.69, 9.17) is 17.7 Å². The van der Waals surface area contributed by atoms with Gasteiger partial charge in [0.25, 0.3) is 0 Å². The van der Waals surface area contributed by atoms with Gasteiger partial charge in [0.05, 0.1) is 50.1 Å². The minimum absolute atomic E-state index is 0.942. The number of rotatable bonds is 12. The van der Waals surface area contributed by atoms with E-state index in [1.165, 1.54) is 22.3 Å². The zero-order valence-corrected chi connectivity index (χ0v) is 19.8. The average molecular weight is 481 g/mol. The van der Waals surface area contributed by atoms with Gasteiger partial charge in [0.2, 0.25) is 0 Å². The van der Waals surface area contributed by atoms with Gasteiger partial charge in [0.1, 0.15) is 0 Å². The molecule has 0 spiro atoms. The summed E-state index contributed by atoms with van der Waals surface area (Å²) in [5.41, 5.74) is 4.90. The third kappa shape index (κ3) is 6.36. The molecule has 0 fully saturated rings. The van der Waals surface area contributed by atoms with Crippen LogP contribution in [0, 0.1) is 0 Å². The van der Waals surface area contributed by atoms with Crippen LogP contribution in [0.2, 0.25) is 0 Å². The van der Waals surface area contributed by atoms with Crippen molar-refractivity contribution in [2.24, 2.45) is 0 Å². The fraction of sp³-hybridized carbons (Fsp3) is 0.200. The lowest BCUT2D eigenvalue weighted by Gasteiger charge is -2.28. The largest absolute Gasteiger partial charge is 0.472 e. The molecule has 9 heteroatoms. The molecule has 0 aliphatic rings. The van der Waals surface area contributed by atoms with Crippen LogP contribution in [0.3, 0.4) is 0 Å². The molecule has 4 heterocycles. The Morgan fingerprint density at radius 1 is 0.483 bits per heavy atom. The first-order valence-corrected chi connectivity index (χ1v) is 17.8. The predicted molar refractivity (Wildman–Crippen MR) is 126 cm³/mol. The highest BCUT2D eigenvalue weighted by molar-refractivity contribution is 8.99. The molecule has 4 aromatic heterocycles. The SMILES string of the molecule is c1cc(CS[Si](SCc2ccoc2)(SCc2ccoc2)SCc2ccoc2)co1. The normalized spacial score (nSPS) is 11.9. The Morgan fingerprint density at radius 3 is 0.966 bits per heavy atom. The molecule has 0 aromatic carbocycles. The maximum atomic E-state index is 5.28. The van der Waals surface area contributed by atoms with E-state index in [0.717, 1.165) is 23.0 Å². The van der Waals surface area contributed by atoms with Crippen LogP contribution in [-0.4, -0.2) is 4.67 Å². The Hall–Kier alpha value is -1.26. The van der Waals surface area contributed by atoms with E-state index in [9.17, 15) is 0 Å².